The molecule has 2 aliphatic rings. The number of Topliss-reactive ketones (excluding diaryl/α,β-unsaturated/α-hetero) is 1. The van der Waals surface area contributed by atoms with Crippen LogP contribution in [0, 0.1) is 0 Å². The standard InChI is InChI=1S/C21H22O12/c22-6-14-16(27)18(29)19(30)21(33-14)32-13-5-11(26)15-10(25)4-12(31-20(15)17(13)28)7-1-2-8(23)9(24)3-7/h1-3,5,12,14,16,18-19,21-24,26-30H,4,6H2/t12-,14-,16-,18+,19-,21-/m1/s1. The average molecular weight is 466 g/mol. The first-order valence-electron chi connectivity index (χ1n) is 9.90. The van der Waals surface area contributed by atoms with E-state index in [1.807, 2.05) is 0 Å². The smallest absolute Gasteiger partial charge is 0.229 e. The normalized spacial score (nSPS) is 29.3. The largest absolute Gasteiger partial charge is 0.507 e. The number of fused-ring (bicyclic) bond motifs is 1. The van der Waals surface area contributed by atoms with Gasteiger partial charge >= 0.3 is 0 Å². The second-order valence-electron chi connectivity index (χ2n) is 7.74. The summed E-state index contributed by atoms with van der Waals surface area (Å²) in [6, 6.07) is 4.68. The lowest BCUT2D eigenvalue weighted by Gasteiger charge is -2.39. The van der Waals surface area contributed by atoms with Crippen LogP contribution in [0.2, 0.25) is 0 Å². The first-order chi connectivity index (χ1) is 15.6. The lowest BCUT2D eigenvalue weighted by molar-refractivity contribution is -0.277. The topological polar surface area (TPSA) is 207 Å². The van der Waals surface area contributed by atoms with Crippen LogP contribution in [0.15, 0.2) is 24.3 Å². The van der Waals surface area contributed by atoms with E-state index in [0.717, 1.165) is 6.07 Å². The zero-order chi connectivity index (χ0) is 24.0. The number of hydrogen-bond acceptors (Lipinski definition) is 12. The number of aliphatic hydroxyl groups excluding tert-OH is 4. The number of carbonyl (C=O) groups is 1. The molecule has 0 aliphatic carbocycles. The quantitative estimate of drug-likeness (QED) is 0.210. The zero-order valence-electron chi connectivity index (χ0n) is 16.9. The van der Waals surface area contributed by atoms with Gasteiger partial charge < -0.3 is 55.1 Å². The van der Waals surface area contributed by atoms with Gasteiger partial charge in [-0.1, -0.05) is 6.07 Å². The minimum Gasteiger partial charge on any atom is -0.507 e. The van der Waals surface area contributed by atoms with Crippen molar-refractivity contribution in [3.8, 4) is 34.5 Å². The van der Waals surface area contributed by atoms with Gasteiger partial charge in [0, 0.05) is 6.07 Å². The number of phenolic OH excluding ortho intramolecular Hbond substituents is 4. The second kappa shape index (κ2) is 8.57. The number of rotatable bonds is 4. The molecule has 1 saturated heterocycles. The Kier molecular flexibility index (Phi) is 5.95. The van der Waals surface area contributed by atoms with Gasteiger partial charge in [0.1, 0.15) is 41.8 Å². The molecule has 8 N–H and O–H groups in total. The summed E-state index contributed by atoms with van der Waals surface area (Å²) in [5.41, 5.74) is -0.00338. The fraction of sp³-hybridized carbons (Fsp3) is 0.381. The monoisotopic (exact) mass is 466 g/mol. The van der Waals surface area contributed by atoms with Gasteiger partial charge in [-0.25, -0.2) is 0 Å². The molecule has 12 nitrogen and oxygen atoms in total. The van der Waals surface area contributed by atoms with Crippen LogP contribution in [0.5, 0.6) is 34.5 Å². The lowest BCUT2D eigenvalue weighted by atomic mass is 9.94. The van der Waals surface area contributed by atoms with Crippen LogP contribution < -0.4 is 9.47 Å². The van der Waals surface area contributed by atoms with Gasteiger partial charge in [-0.3, -0.25) is 4.79 Å². The molecule has 1 fully saturated rings. The predicted molar refractivity (Wildman–Crippen MR) is 106 cm³/mol. The van der Waals surface area contributed by atoms with E-state index in [1.165, 1.54) is 18.2 Å². The molecule has 0 unspecified atom stereocenters. The summed E-state index contributed by atoms with van der Waals surface area (Å²) in [7, 11) is 0. The third-order valence-electron chi connectivity index (χ3n) is 5.57. The highest BCUT2D eigenvalue weighted by Crippen LogP contribution is 2.50. The van der Waals surface area contributed by atoms with Gasteiger partial charge in [0.2, 0.25) is 12.0 Å². The minimum absolute atomic E-state index is 0.239. The third kappa shape index (κ3) is 3.98. The molecule has 0 radical (unpaired) electrons. The molecule has 4 rings (SSSR count). The van der Waals surface area contributed by atoms with Crippen molar-refractivity contribution in [2.75, 3.05) is 6.61 Å². The van der Waals surface area contributed by atoms with E-state index in [2.05, 4.69) is 0 Å². The van der Waals surface area contributed by atoms with E-state index in [1.54, 1.807) is 0 Å². The van der Waals surface area contributed by atoms with E-state index in [-0.39, 0.29) is 17.7 Å². The molecule has 0 amide bonds. The van der Waals surface area contributed by atoms with Crippen molar-refractivity contribution in [3.63, 3.8) is 0 Å². The van der Waals surface area contributed by atoms with Crippen LogP contribution in [0.25, 0.3) is 0 Å². The Balaban J connectivity index is 1.66. The molecule has 178 valence electrons. The van der Waals surface area contributed by atoms with Gasteiger partial charge in [0.25, 0.3) is 0 Å². The van der Waals surface area contributed by atoms with Crippen molar-refractivity contribution in [3.05, 3.63) is 35.4 Å². The van der Waals surface area contributed by atoms with Crippen molar-refractivity contribution >= 4 is 5.78 Å². The molecule has 0 saturated carbocycles. The number of carbonyl (C=O) groups excluding carboxylic acids is 1. The highest BCUT2D eigenvalue weighted by atomic mass is 16.7. The molecular weight excluding hydrogens is 444 g/mol. The Morgan fingerprint density at radius 3 is 2.33 bits per heavy atom. The van der Waals surface area contributed by atoms with Crippen LogP contribution in [-0.2, 0) is 4.74 Å². The average Bonchev–Trinajstić information content (AvgIpc) is 2.78. The summed E-state index contributed by atoms with van der Waals surface area (Å²) >= 11 is 0. The van der Waals surface area contributed by atoms with Crippen molar-refractivity contribution in [1.29, 1.82) is 0 Å². The van der Waals surface area contributed by atoms with Crippen LogP contribution in [0.3, 0.4) is 0 Å². The molecule has 0 spiro atoms. The maximum atomic E-state index is 12.7. The summed E-state index contributed by atoms with van der Waals surface area (Å²) in [6.07, 6.45) is -9.30. The molecule has 6 atom stereocenters. The minimum atomic E-state index is -1.78. The zero-order valence-corrected chi connectivity index (χ0v) is 16.9. The van der Waals surface area contributed by atoms with E-state index in [9.17, 15) is 45.6 Å². The SMILES string of the molecule is O=C1C[C@H](c2ccc(O)c(O)c2)Oc2c(O)c(O[C@@H]3O[C@H](CO)[C@@H](O)[C@H](O)[C@H]3O)cc(O)c21. The summed E-state index contributed by atoms with van der Waals surface area (Å²) in [4.78, 5) is 12.7. The van der Waals surface area contributed by atoms with E-state index in [4.69, 9.17) is 14.2 Å². The van der Waals surface area contributed by atoms with Gasteiger partial charge in [-0.2, -0.15) is 0 Å². The van der Waals surface area contributed by atoms with Gasteiger partial charge in [-0.05, 0) is 17.7 Å². The van der Waals surface area contributed by atoms with E-state index >= 15 is 0 Å². The lowest BCUT2D eigenvalue weighted by Crippen LogP contribution is -2.60. The number of ether oxygens (including phenoxy) is 3. The van der Waals surface area contributed by atoms with Gasteiger partial charge in [0.05, 0.1) is 13.0 Å². The Morgan fingerprint density at radius 1 is 0.939 bits per heavy atom. The van der Waals surface area contributed by atoms with E-state index in [0.29, 0.717) is 5.56 Å². The fourth-order valence-corrected chi connectivity index (χ4v) is 3.76. The molecule has 2 aliphatic heterocycles. The second-order valence-corrected chi connectivity index (χ2v) is 7.74. The number of ketones is 1. The van der Waals surface area contributed by atoms with Crippen molar-refractivity contribution in [1.82, 2.24) is 0 Å². The van der Waals surface area contributed by atoms with Gasteiger partial charge in [0.15, 0.2) is 28.8 Å². The maximum absolute atomic E-state index is 12.7. The third-order valence-corrected chi connectivity index (χ3v) is 5.57. The summed E-state index contributed by atoms with van der Waals surface area (Å²) < 4.78 is 16.3. The number of aliphatic hydroxyl groups is 4. The highest BCUT2D eigenvalue weighted by molar-refractivity contribution is 6.03. The molecule has 2 aromatic rings. The van der Waals surface area contributed by atoms with Gasteiger partial charge in [-0.15, -0.1) is 0 Å². The van der Waals surface area contributed by atoms with E-state index < -0.39 is 77.9 Å². The molecule has 0 bridgehead atoms. The number of hydrogen-bond donors (Lipinski definition) is 8. The van der Waals surface area contributed by atoms with Crippen LogP contribution in [0.4, 0.5) is 0 Å². The Labute approximate surface area is 186 Å². The summed E-state index contributed by atoms with van der Waals surface area (Å²) in [5, 5.41) is 79.5. The van der Waals surface area contributed by atoms with Crippen LogP contribution in [-0.4, -0.2) is 83.9 Å². The van der Waals surface area contributed by atoms with Crippen molar-refractivity contribution < 1.29 is 59.9 Å². The molecule has 33 heavy (non-hydrogen) atoms. The fourth-order valence-electron chi connectivity index (χ4n) is 3.76. The maximum Gasteiger partial charge on any atom is 0.229 e. The van der Waals surface area contributed by atoms with Crippen molar-refractivity contribution in [2.45, 2.75) is 43.2 Å². The molecule has 2 heterocycles. The molecule has 0 aromatic heterocycles. The van der Waals surface area contributed by atoms with Crippen LogP contribution in [0.1, 0.15) is 28.4 Å². The molecule has 12 heteroatoms. The highest BCUT2D eigenvalue weighted by Gasteiger charge is 2.45. The van der Waals surface area contributed by atoms with Crippen LogP contribution >= 0.6 is 0 Å². The Hall–Kier alpha value is -3.29. The first-order valence-corrected chi connectivity index (χ1v) is 9.90. The van der Waals surface area contributed by atoms with Crippen molar-refractivity contribution in [2.24, 2.45) is 0 Å². The Morgan fingerprint density at radius 2 is 1.67 bits per heavy atom. The number of phenols is 4. The molecular formula is C21H22O12. The Bertz CT molecular complexity index is 1070. The summed E-state index contributed by atoms with van der Waals surface area (Å²) in [6.45, 7) is -0.703. The number of benzene rings is 2. The summed E-state index contributed by atoms with van der Waals surface area (Å²) in [5.74, 6) is -3.62. The molecule has 2 aromatic carbocycles. The first kappa shape index (κ1) is 22.9. The predicted octanol–water partition coefficient (Wildman–Crippen LogP) is -0.606. The number of aromatic hydroxyl groups is 4.